The fraction of sp³-hybridized carbons (Fsp3) is 0.647. The lowest BCUT2D eigenvalue weighted by atomic mass is 9.85. The Kier molecular flexibility index (Phi) is 6.78. The zero-order valence-electron chi connectivity index (χ0n) is 12.1. The maximum absolute atomic E-state index is 6.73. The highest BCUT2D eigenvalue weighted by molar-refractivity contribution is 6.24. The van der Waals surface area contributed by atoms with Crippen molar-refractivity contribution in [3.63, 3.8) is 0 Å². The molecule has 0 saturated carbocycles. The highest BCUT2D eigenvalue weighted by atomic mass is 35.5. The summed E-state index contributed by atoms with van der Waals surface area (Å²) in [7, 11) is 0. The van der Waals surface area contributed by atoms with Gasteiger partial charge in [-0.25, -0.2) is 0 Å². The summed E-state index contributed by atoms with van der Waals surface area (Å²) in [5.74, 6) is 0.566. The summed E-state index contributed by atoms with van der Waals surface area (Å²) in [6.07, 6.45) is 7.52. The normalized spacial score (nSPS) is 16.2. The summed E-state index contributed by atoms with van der Waals surface area (Å²) < 4.78 is 0. The quantitative estimate of drug-likeness (QED) is 0.410. The number of benzene rings is 1. The molecule has 0 aliphatic heterocycles. The standard InChI is InChI=1S/C17H27Cl/c1-4-5-6-8-11-15(2)17(3,18)14-16-12-9-7-10-13-16/h7,9-10,12-13,15H,4-6,8,11,14H2,1-3H3. The zero-order valence-corrected chi connectivity index (χ0v) is 12.8. The summed E-state index contributed by atoms with van der Waals surface area (Å²) in [5.41, 5.74) is 1.34. The molecule has 0 nitrogen and oxygen atoms in total. The van der Waals surface area contributed by atoms with Gasteiger partial charge in [0, 0.05) is 4.87 Å². The van der Waals surface area contributed by atoms with E-state index in [4.69, 9.17) is 11.6 Å². The van der Waals surface area contributed by atoms with Crippen molar-refractivity contribution in [1.82, 2.24) is 0 Å². The zero-order chi connectivity index (χ0) is 13.4. The molecule has 18 heavy (non-hydrogen) atoms. The maximum atomic E-state index is 6.73. The third-order valence-electron chi connectivity index (χ3n) is 3.91. The molecule has 102 valence electrons. The van der Waals surface area contributed by atoms with Gasteiger partial charge in [-0.05, 0) is 31.2 Å². The number of unbranched alkanes of at least 4 members (excludes halogenated alkanes) is 3. The Hall–Kier alpha value is -0.490. The van der Waals surface area contributed by atoms with Gasteiger partial charge in [-0.15, -0.1) is 11.6 Å². The van der Waals surface area contributed by atoms with Gasteiger partial charge in [-0.3, -0.25) is 0 Å². The summed E-state index contributed by atoms with van der Waals surface area (Å²) in [6, 6.07) is 10.6. The van der Waals surface area contributed by atoms with E-state index in [9.17, 15) is 0 Å². The van der Waals surface area contributed by atoms with E-state index in [0.29, 0.717) is 5.92 Å². The molecule has 0 saturated heterocycles. The second kappa shape index (κ2) is 7.84. The first-order valence-corrected chi connectivity index (χ1v) is 7.67. The van der Waals surface area contributed by atoms with E-state index in [1.807, 2.05) is 0 Å². The van der Waals surface area contributed by atoms with Crippen LogP contribution in [0.25, 0.3) is 0 Å². The Labute approximate surface area is 118 Å². The first-order valence-electron chi connectivity index (χ1n) is 7.29. The van der Waals surface area contributed by atoms with Gasteiger partial charge in [0.05, 0.1) is 0 Å². The van der Waals surface area contributed by atoms with Crippen LogP contribution in [0.15, 0.2) is 30.3 Å². The Morgan fingerprint density at radius 3 is 2.39 bits per heavy atom. The van der Waals surface area contributed by atoms with Crippen LogP contribution >= 0.6 is 11.6 Å². The van der Waals surface area contributed by atoms with Crippen molar-refractivity contribution < 1.29 is 0 Å². The van der Waals surface area contributed by atoms with E-state index in [-0.39, 0.29) is 4.87 Å². The molecule has 0 fully saturated rings. The van der Waals surface area contributed by atoms with Crippen LogP contribution in [0.1, 0.15) is 58.4 Å². The minimum Gasteiger partial charge on any atom is -0.119 e. The molecule has 0 radical (unpaired) electrons. The molecular formula is C17H27Cl. The summed E-state index contributed by atoms with van der Waals surface area (Å²) in [6.45, 7) is 6.73. The second-order valence-electron chi connectivity index (χ2n) is 5.69. The van der Waals surface area contributed by atoms with E-state index < -0.39 is 0 Å². The lowest BCUT2D eigenvalue weighted by Gasteiger charge is -2.29. The molecule has 0 bridgehead atoms. The molecule has 0 N–H and O–H groups in total. The molecule has 0 heterocycles. The third-order valence-corrected chi connectivity index (χ3v) is 4.42. The van der Waals surface area contributed by atoms with E-state index in [1.165, 1.54) is 37.7 Å². The molecule has 2 unspecified atom stereocenters. The van der Waals surface area contributed by atoms with Crippen molar-refractivity contribution in [2.45, 2.75) is 64.2 Å². The van der Waals surface area contributed by atoms with Crippen molar-refractivity contribution in [3.05, 3.63) is 35.9 Å². The molecule has 1 heteroatoms. The number of hydrogen-bond donors (Lipinski definition) is 0. The van der Waals surface area contributed by atoms with Gasteiger partial charge in [0.15, 0.2) is 0 Å². The summed E-state index contributed by atoms with van der Waals surface area (Å²) in [4.78, 5) is -0.117. The molecular weight excluding hydrogens is 240 g/mol. The van der Waals surface area contributed by atoms with E-state index in [2.05, 4.69) is 51.1 Å². The Bertz CT molecular complexity index is 316. The van der Waals surface area contributed by atoms with Crippen molar-refractivity contribution in [2.75, 3.05) is 0 Å². The van der Waals surface area contributed by atoms with Crippen LogP contribution < -0.4 is 0 Å². The molecule has 0 aromatic heterocycles. The highest BCUT2D eigenvalue weighted by Crippen LogP contribution is 2.32. The van der Waals surface area contributed by atoms with Gasteiger partial charge in [-0.1, -0.05) is 69.9 Å². The average molecular weight is 267 g/mol. The van der Waals surface area contributed by atoms with Crippen LogP contribution in [-0.2, 0) is 6.42 Å². The Morgan fingerprint density at radius 1 is 1.11 bits per heavy atom. The first kappa shape index (κ1) is 15.6. The van der Waals surface area contributed by atoms with Gasteiger partial charge >= 0.3 is 0 Å². The predicted octanol–water partition coefficient (Wildman–Crippen LogP) is 5.83. The number of rotatable bonds is 8. The van der Waals surface area contributed by atoms with Crippen LogP contribution in [0.2, 0.25) is 0 Å². The molecule has 0 aliphatic carbocycles. The van der Waals surface area contributed by atoms with Gasteiger partial charge in [0.2, 0.25) is 0 Å². The lowest BCUT2D eigenvalue weighted by molar-refractivity contribution is 0.378. The number of alkyl halides is 1. The highest BCUT2D eigenvalue weighted by Gasteiger charge is 2.28. The lowest BCUT2D eigenvalue weighted by Crippen LogP contribution is -2.29. The molecule has 2 atom stereocenters. The molecule has 0 spiro atoms. The van der Waals surface area contributed by atoms with E-state index in [1.54, 1.807) is 0 Å². The van der Waals surface area contributed by atoms with E-state index >= 15 is 0 Å². The fourth-order valence-corrected chi connectivity index (χ4v) is 2.61. The van der Waals surface area contributed by atoms with Crippen LogP contribution in [0.5, 0.6) is 0 Å². The summed E-state index contributed by atoms with van der Waals surface area (Å²) >= 11 is 6.73. The number of halogens is 1. The Morgan fingerprint density at radius 2 is 1.78 bits per heavy atom. The molecule has 0 amide bonds. The smallest absolute Gasteiger partial charge is 0.0484 e. The van der Waals surface area contributed by atoms with Crippen molar-refractivity contribution in [2.24, 2.45) is 5.92 Å². The van der Waals surface area contributed by atoms with Crippen LogP contribution in [0.4, 0.5) is 0 Å². The minimum absolute atomic E-state index is 0.117. The molecule has 0 aliphatic rings. The fourth-order valence-electron chi connectivity index (χ4n) is 2.35. The minimum atomic E-state index is -0.117. The Balaban J connectivity index is 2.42. The van der Waals surface area contributed by atoms with Gasteiger partial charge in [0.25, 0.3) is 0 Å². The molecule has 1 aromatic rings. The van der Waals surface area contributed by atoms with Gasteiger partial charge in [-0.2, -0.15) is 0 Å². The monoisotopic (exact) mass is 266 g/mol. The van der Waals surface area contributed by atoms with Crippen molar-refractivity contribution in [3.8, 4) is 0 Å². The topological polar surface area (TPSA) is 0 Å². The van der Waals surface area contributed by atoms with Crippen LogP contribution in [0, 0.1) is 5.92 Å². The largest absolute Gasteiger partial charge is 0.119 e. The molecule has 1 rings (SSSR count). The third kappa shape index (κ3) is 5.44. The van der Waals surface area contributed by atoms with Crippen molar-refractivity contribution in [1.29, 1.82) is 0 Å². The van der Waals surface area contributed by atoms with Crippen molar-refractivity contribution >= 4 is 11.6 Å². The number of hydrogen-bond acceptors (Lipinski definition) is 0. The maximum Gasteiger partial charge on any atom is 0.0484 e. The summed E-state index contributed by atoms with van der Waals surface area (Å²) in [5, 5.41) is 0. The second-order valence-corrected chi connectivity index (χ2v) is 6.55. The van der Waals surface area contributed by atoms with Gasteiger partial charge < -0.3 is 0 Å². The predicted molar refractivity (Wildman–Crippen MR) is 82.3 cm³/mol. The first-order chi connectivity index (χ1) is 8.56. The van der Waals surface area contributed by atoms with Crippen LogP contribution in [0.3, 0.4) is 0 Å². The molecule has 1 aromatic carbocycles. The SMILES string of the molecule is CCCCCCC(C)C(C)(Cl)Cc1ccccc1. The average Bonchev–Trinajstić information content (AvgIpc) is 2.35. The van der Waals surface area contributed by atoms with E-state index in [0.717, 1.165) is 6.42 Å². The van der Waals surface area contributed by atoms with Crippen LogP contribution in [-0.4, -0.2) is 4.87 Å². The van der Waals surface area contributed by atoms with Gasteiger partial charge in [0.1, 0.15) is 0 Å².